The van der Waals surface area contributed by atoms with E-state index in [2.05, 4.69) is 36.8 Å². The lowest BCUT2D eigenvalue weighted by Crippen LogP contribution is -2.45. The molecule has 1 amide bonds. The summed E-state index contributed by atoms with van der Waals surface area (Å²) >= 11 is 0. The number of anilines is 2. The van der Waals surface area contributed by atoms with Gasteiger partial charge in [0.1, 0.15) is 17.9 Å². The third-order valence-corrected chi connectivity index (χ3v) is 4.71. The van der Waals surface area contributed by atoms with Crippen LogP contribution in [0, 0.1) is 5.92 Å². The van der Waals surface area contributed by atoms with Crippen LogP contribution in [-0.2, 0) is 0 Å². The van der Waals surface area contributed by atoms with Crippen LogP contribution in [0.5, 0.6) is 5.75 Å². The number of benzene rings is 1. The molecule has 1 aliphatic heterocycles. The fourth-order valence-electron chi connectivity index (χ4n) is 3.30. The molecule has 1 aliphatic rings. The highest BCUT2D eigenvalue weighted by atomic mass is 19.4. The Bertz CT molecular complexity index is 1070. The van der Waals surface area contributed by atoms with Gasteiger partial charge in [-0.2, -0.15) is 0 Å². The molecule has 10 heteroatoms. The first-order valence-corrected chi connectivity index (χ1v) is 9.46. The Balaban J connectivity index is 1.56. The second kappa shape index (κ2) is 8.21. The molecule has 0 saturated carbocycles. The van der Waals surface area contributed by atoms with Gasteiger partial charge < -0.3 is 15.0 Å². The molecule has 1 fully saturated rings. The average molecular weight is 429 g/mol. The minimum Gasteiger partial charge on any atom is -0.406 e. The van der Waals surface area contributed by atoms with Crippen molar-refractivity contribution >= 4 is 17.4 Å². The summed E-state index contributed by atoms with van der Waals surface area (Å²) in [5.74, 6) is 0.498. The second-order valence-electron chi connectivity index (χ2n) is 7.26. The molecule has 1 saturated heterocycles. The van der Waals surface area contributed by atoms with E-state index in [-0.39, 0.29) is 5.75 Å². The molecule has 3 aromatic rings. The maximum absolute atomic E-state index is 12.7. The largest absolute Gasteiger partial charge is 0.573 e. The molecule has 0 bridgehead atoms. The molecule has 1 aromatic carbocycles. The predicted octanol–water partition coefficient (Wildman–Crippen LogP) is 4.15. The number of amides is 1. The van der Waals surface area contributed by atoms with Crippen LogP contribution in [0.25, 0.3) is 11.1 Å². The van der Waals surface area contributed by atoms with E-state index in [1.807, 2.05) is 0 Å². The highest BCUT2D eigenvalue weighted by Gasteiger charge is 2.31. The van der Waals surface area contributed by atoms with Crippen LogP contribution in [0.15, 0.2) is 55.2 Å². The van der Waals surface area contributed by atoms with E-state index in [4.69, 9.17) is 0 Å². The zero-order valence-electron chi connectivity index (χ0n) is 16.4. The number of carbonyl (C=O) groups is 1. The van der Waals surface area contributed by atoms with Gasteiger partial charge in [0.15, 0.2) is 0 Å². The van der Waals surface area contributed by atoms with Gasteiger partial charge in [-0.1, -0.05) is 6.92 Å². The van der Waals surface area contributed by atoms with Crippen molar-refractivity contribution in [3.8, 4) is 16.9 Å². The third kappa shape index (κ3) is 4.90. The molecule has 0 atom stereocenters. The molecule has 160 valence electrons. The van der Waals surface area contributed by atoms with Crippen molar-refractivity contribution in [2.24, 2.45) is 5.92 Å². The van der Waals surface area contributed by atoms with Crippen LogP contribution >= 0.6 is 0 Å². The lowest BCUT2D eigenvalue weighted by atomic mass is 10.00. The molecule has 0 spiro atoms. The van der Waals surface area contributed by atoms with Gasteiger partial charge in [-0.25, -0.2) is 15.0 Å². The van der Waals surface area contributed by atoms with E-state index in [0.29, 0.717) is 17.2 Å². The van der Waals surface area contributed by atoms with E-state index >= 15 is 0 Å². The number of rotatable bonds is 5. The van der Waals surface area contributed by atoms with E-state index in [0.717, 1.165) is 42.2 Å². The van der Waals surface area contributed by atoms with Gasteiger partial charge in [0, 0.05) is 48.5 Å². The van der Waals surface area contributed by atoms with Gasteiger partial charge in [-0.15, -0.1) is 13.2 Å². The summed E-state index contributed by atoms with van der Waals surface area (Å²) in [6.45, 7) is 3.88. The molecule has 0 aliphatic carbocycles. The first-order chi connectivity index (χ1) is 14.8. The van der Waals surface area contributed by atoms with Crippen LogP contribution in [-0.4, -0.2) is 40.3 Å². The smallest absolute Gasteiger partial charge is 0.406 e. The lowest BCUT2D eigenvalue weighted by molar-refractivity contribution is -0.274. The van der Waals surface area contributed by atoms with E-state index in [1.165, 1.54) is 24.7 Å². The number of carbonyl (C=O) groups excluding carboxylic acids is 1. The summed E-state index contributed by atoms with van der Waals surface area (Å²) in [6.07, 6.45) is 1.42. The number of nitrogens with zero attached hydrogens (tertiary/aromatic N) is 4. The maximum Gasteiger partial charge on any atom is 0.573 e. The summed E-state index contributed by atoms with van der Waals surface area (Å²) in [5.41, 5.74) is 2.08. The minimum absolute atomic E-state index is 0.298. The van der Waals surface area contributed by atoms with Crippen LogP contribution in [0.2, 0.25) is 0 Å². The van der Waals surface area contributed by atoms with Gasteiger partial charge in [0.25, 0.3) is 5.91 Å². The Labute approximate surface area is 175 Å². The Morgan fingerprint density at radius 1 is 1.13 bits per heavy atom. The van der Waals surface area contributed by atoms with Gasteiger partial charge in [-0.3, -0.25) is 4.79 Å². The summed E-state index contributed by atoms with van der Waals surface area (Å²) in [4.78, 5) is 27.4. The Hall–Kier alpha value is -3.69. The summed E-state index contributed by atoms with van der Waals surface area (Å²) < 4.78 is 40.7. The molecule has 1 N–H and O–H groups in total. The first kappa shape index (κ1) is 20.6. The number of ether oxygens (including phenoxy) is 1. The predicted molar refractivity (Wildman–Crippen MR) is 108 cm³/mol. The molecule has 0 unspecified atom stereocenters. The fourth-order valence-corrected chi connectivity index (χ4v) is 3.30. The van der Waals surface area contributed by atoms with Gasteiger partial charge in [-0.05, 0) is 36.2 Å². The number of hydrogen-bond donors (Lipinski definition) is 1. The van der Waals surface area contributed by atoms with Crippen molar-refractivity contribution in [2.75, 3.05) is 23.3 Å². The zero-order chi connectivity index (χ0) is 22.0. The molecular weight excluding hydrogens is 411 g/mol. The van der Waals surface area contributed by atoms with Crippen LogP contribution in [0.3, 0.4) is 0 Å². The van der Waals surface area contributed by atoms with E-state index < -0.39 is 12.3 Å². The molecule has 2 aromatic heterocycles. The highest BCUT2D eigenvalue weighted by molar-refractivity contribution is 6.05. The third-order valence-electron chi connectivity index (χ3n) is 4.71. The number of halogens is 3. The van der Waals surface area contributed by atoms with Gasteiger partial charge in [0.05, 0.1) is 5.56 Å². The lowest BCUT2D eigenvalue weighted by Gasteiger charge is -2.39. The summed E-state index contributed by atoms with van der Waals surface area (Å²) in [5, 5.41) is 2.65. The number of aromatic nitrogens is 3. The Kier molecular flexibility index (Phi) is 5.45. The van der Waals surface area contributed by atoms with Crippen molar-refractivity contribution in [3.63, 3.8) is 0 Å². The molecule has 7 nitrogen and oxygen atoms in total. The molecule has 31 heavy (non-hydrogen) atoms. The van der Waals surface area contributed by atoms with E-state index in [1.54, 1.807) is 18.5 Å². The quantitative estimate of drug-likeness (QED) is 0.657. The fraction of sp³-hybridized carbons (Fsp3) is 0.238. The monoisotopic (exact) mass is 429 g/mol. The van der Waals surface area contributed by atoms with Crippen molar-refractivity contribution < 1.29 is 22.7 Å². The van der Waals surface area contributed by atoms with E-state index in [9.17, 15) is 18.0 Å². The minimum atomic E-state index is -4.77. The van der Waals surface area contributed by atoms with Crippen molar-refractivity contribution in [1.29, 1.82) is 0 Å². The Morgan fingerprint density at radius 2 is 1.81 bits per heavy atom. The molecule has 0 radical (unpaired) electrons. The number of pyridine rings is 1. The molecule has 4 rings (SSSR count). The average Bonchev–Trinajstić information content (AvgIpc) is 2.72. The van der Waals surface area contributed by atoms with Crippen LogP contribution < -0.4 is 15.0 Å². The highest BCUT2D eigenvalue weighted by Crippen LogP contribution is 2.33. The van der Waals surface area contributed by atoms with Gasteiger partial charge >= 0.3 is 6.36 Å². The van der Waals surface area contributed by atoms with Gasteiger partial charge in [0.2, 0.25) is 0 Å². The summed E-state index contributed by atoms with van der Waals surface area (Å²) in [7, 11) is 0. The second-order valence-corrected chi connectivity index (χ2v) is 7.26. The van der Waals surface area contributed by atoms with Crippen molar-refractivity contribution in [1.82, 2.24) is 15.0 Å². The standard InChI is InChI=1S/C21H18F3N5O2/c1-13-10-29(11-13)19-18(15-7-25-12-26-8-15)6-14(9-27-19)20(30)28-16-2-4-17(5-3-16)31-21(22,23)24/h2-9,12-13H,10-11H2,1H3,(H,28,30). The maximum atomic E-state index is 12.7. The molecular formula is C21H18F3N5O2. The topological polar surface area (TPSA) is 80.2 Å². The summed E-state index contributed by atoms with van der Waals surface area (Å²) in [6, 6.07) is 6.62. The number of alkyl halides is 3. The normalized spacial score (nSPS) is 14.1. The SMILES string of the molecule is CC1CN(c2ncc(C(=O)Nc3ccc(OC(F)(F)F)cc3)cc2-c2cncnc2)C1. The Morgan fingerprint density at radius 3 is 2.42 bits per heavy atom. The zero-order valence-corrected chi connectivity index (χ0v) is 16.4. The number of hydrogen-bond acceptors (Lipinski definition) is 6. The first-order valence-electron chi connectivity index (χ1n) is 9.46. The van der Waals surface area contributed by atoms with Crippen molar-refractivity contribution in [2.45, 2.75) is 13.3 Å². The number of nitrogens with one attached hydrogen (secondary N) is 1. The van der Waals surface area contributed by atoms with Crippen LogP contribution in [0.1, 0.15) is 17.3 Å². The van der Waals surface area contributed by atoms with Crippen LogP contribution in [0.4, 0.5) is 24.7 Å². The van der Waals surface area contributed by atoms with Crippen molar-refractivity contribution in [3.05, 3.63) is 60.8 Å². The molecule has 3 heterocycles.